The Kier molecular flexibility index (Phi) is 5.57. The van der Waals surface area contributed by atoms with Crippen LogP contribution in [0.3, 0.4) is 0 Å². The van der Waals surface area contributed by atoms with Gasteiger partial charge in [0.1, 0.15) is 12.4 Å². The number of rotatable bonds is 4. The zero-order valence-electron chi connectivity index (χ0n) is 15.8. The largest absolute Gasteiger partial charge is 0.492 e. The van der Waals surface area contributed by atoms with E-state index in [9.17, 15) is 4.79 Å². The molecular formula is C22H26ClNO2. The van der Waals surface area contributed by atoms with Crippen LogP contribution in [0.4, 0.5) is 5.69 Å². The number of benzene rings is 2. The fourth-order valence-corrected chi connectivity index (χ4v) is 3.65. The highest BCUT2D eigenvalue weighted by Gasteiger charge is 2.27. The molecule has 0 saturated heterocycles. The summed E-state index contributed by atoms with van der Waals surface area (Å²) in [5.74, 6) is 1.29. The van der Waals surface area contributed by atoms with Gasteiger partial charge in [0.25, 0.3) is 0 Å². The van der Waals surface area contributed by atoms with Crippen molar-refractivity contribution in [3.05, 3.63) is 58.1 Å². The lowest BCUT2D eigenvalue weighted by molar-refractivity contribution is -0.121. The van der Waals surface area contributed by atoms with E-state index in [1.54, 1.807) is 0 Å². The average Bonchev–Trinajstić information content (AvgIpc) is 2.60. The average molecular weight is 372 g/mol. The number of amides is 1. The molecule has 4 heteroatoms. The number of carbonyl (C=O) groups excluding carboxylic acids is 1. The molecular weight excluding hydrogens is 346 g/mol. The quantitative estimate of drug-likeness (QED) is 0.740. The minimum Gasteiger partial charge on any atom is -0.492 e. The van der Waals surface area contributed by atoms with E-state index in [1.807, 2.05) is 18.2 Å². The SMILES string of the molecule is CC(C)c1cccc(C(C)C)c1NC(=O)[C@@H]1COc2ccc(Cl)cc2C1. The van der Waals surface area contributed by atoms with Crippen molar-refractivity contribution in [1.82, 2.24) is 0 Å². The van der Waals surface area contributed by atoms with Gasteiger partial charge >= 0.3 is 0 Å². The minimum atomic E-state index is -0.221. The molecule has 0 radical (unpaired) electrons. The Labute approximate surface area is 160 Å². The van der Waals surface area contributed by atoms with E-state index in [1.165, 1.54) is 11.1 Å². The van der Waals surface area contributed by atoms with Gasteiger partial charge < -0.3 is 10.1 Å². The lowest BCUT2D eigenvalue weighted by Gasteiger charge is -2.26. The Morgan fingerprint density at radius 3 is 2.38 bits per heavy atom. The van der Waals surface area contributed by atoms with Crippen LogP contribution in [0.15, 0.2) is 36.4 Å². The van der Waals surface area contributed by atoms with Gasteiger partial charge in [-0.2, -0.15) is 0 Å². The normalized spacial score (nSPS) is 16.3. The summed E-state index contributed by atoms with van der Waals surface area (Å²) in [6.07, 6.45) is 0.641. The van der Waals surface area contributed by atoms with E-state index in [0.717, 1.165) is 17.0 Å². The van der Waals surface area contributed by atoms with Crippen LogP contribution in [0.25, 0.3) is 0 Å². The Balaban J connectivity index is 1.85. The molecule has 0 fully saturated rings. The summed E-state index contributed by atoms with van der Waals surface area (Å²) in [6.45, 7) is 8.99. The molecule has 26 heavy (non-hydrogen) atoms. The van der Waals surface area contributed by atoms with Gasteiger partial charge in [-0.3, -0.25) is 4.79 Å². The van der Waals surface area contributed by atoms with Gasteiger partial charge in [-0.25, -0.2) is 0 Å². The first-order valence-corrected chi connectivity index (χ1v) is 9.59. The highest BCUT2D eigenvalue weighted by molar-refractivity contribution is 6.30. The van der Waals surface area contributed by atoms with Crippen LogP contribution in [0, 0.1) is 5.92 Å². The third-order valence-corrected chi connectivity index (χ3v) is 5.16. The summed E-state index contributed by atoms with van der Waals surface area (Å²) in [5, 5.41) is 3.87. The third-order valence-electron chi connectivity index (χ3n) is 4.92. The topological polar surface area (TPSA) is 38.3 Å². The molecule has 1 N–H and O–H groups in total. The van der Waals surface area contributed by atoms with Crippen LogP contribution in [0.2, 0.25) is 5.02 Å². The smallest absolute Gasteiger partial charge is 0.231 e. The number of ether oxygens (including phenoxy) is 1. The van der Waals surface area contributed by atoms with Gasteiger partial charge in [0.2, 0.25) is 5.91 Å². The van der Waals surface area contributed by atoms with Gasteiger partial charge in [0, 0.05) is 10.7 Å². The number of fused-ring (bicyclic) bond motifs is 1. The molecule has 0 spiro atoms. The Morgan fingerprint density at radius 2 is 1.77 bits per heavy atom. The van der Waals surface area contributed by atoms with Crippen molar-refractivity contribution in [3.63, 3.8) is 0 Å². The van der Waals surface area contributed by atoms with Crippen LogP contribution < -0.4 is 10.1 Å². The van der Waals surface area contributed by atoms with Gasteiger partial charge in [-0.1, -0.05) is 57.5 Å². The van der Waals surface area contributed by atoms with E-state index in [-0.39, 0.29) is 11.8 Å². The van der Waals surface area contributed by atoms with E-state index >= 15 is 0 Å². The number of halogens is 1. The van der Waals surface area contributed by atoms with Crippen molar-refractivity contribution in [2.75, 3.05) is 11.9 Å². The molecule has 1 aliphatic heterocycles. The summed E-state index contributed by atoms with van der Waals surface area (Å²) in [7, 11) is 0. The van der Waals surface area contributed by atoms with Crippen molar-refractivity contribution in [2.24, 2.45) is 5.92 Å². The standard InChI is InChI=1S/C22H26ClNO2/c1-13(2)18-6-5-7-19(14(3)4)21(18)24-22(25)16-10-15-11-17(23)8-9-20(15)26-12-16/h5-9,11,13-14,16H,10,12H2,1-4H3,(H,24,25)/t16-/m0/s1. The molecule has 1 heterocycles. The van der Waals surface area contributed by atoms with E-state index < -0.39 is 0 Å². The molecule has 0 saturated carbocycles. The lowest BCUT2D eigenvalue weighted by atomic mass is 9.91. The van der Waals surface area contributed by atoms with E-state index in [4.69, 9.17) is 16.3 Å². The first kappa shape index (κ1) is 18.8. The number of hydrogen-bond acceptors (Lipinski definition) is 2. The molecule has 3 nitrogen and oxygen atoms in total. The molecule has 0 unspecified atom stereocenters. The number of anilines is 1. The summed E-state index contributed by atoms with van der Waals surface area (Å²) in [5.41, 5.74) is 4.29. The first-order chi connectivity index (χ1) is 12.4. The molecule has 2 aromatic carbocycles. The Hall–Kier alpha value is -2.00. The van der Waals surface area contributed by atoms with Gasteiger partial charge in [-0.15, -0.1) is 0 Å². The number of nitrogens with one attached hydrogen (secondary N) is 1. The Bertz CT molecular complexity index is 788. The Morgan fingerprint density at radius 1 is 1.12 bits per heavy atom. The van der Waals surface area contributed by atoms with Crippen molar-refractivity contribution < 1.29 is 9.53 Å². The van der Waals surface area contributed by atoms with Crippen LogP contribution in [0.5, 0.6) is 5.75 Å². The van der Waals surface area contributed by atoms with Gasteiger partial charge in [0.05, 0.1) is 5.92 Å². The predicted octanol–water partition coefficient (Wildman–Crippen LogP) is 5.78. The lowest BCUT2D eigenvalue weighted by Crippen LogP contribution is -2.33. The van der Waals surface area contributed by atoms with Crippen molar-refractivity contribution in [1.29, 1.82) is 0 Å². The molecule has 138 valence electrons. The second-order valence-corrected chi connectivity index (χ2v) is 8.01. The number of para-hydroxylation sites is 1. The molecule has 3 rings (SSSR count). The summed E-state index contributed by atoms with van der Waals surface area (Å²) in [4.78, 5) is 13.0. The number of carbonyl (C=O) groups is 1. The molecule has 0 aromatic heterocycles. The second-order valence-electron chi connectivity index (χ2n) is 7.57. The second kappa shape index (κ2) is 7.71. The zero-order chi connectivity index (χ0) is 18.8. The summed E-state index contributed by atoms with van der Waals surface area (Å²) >= 11 is 6.09. The molecule has 0 aliphatic carbocycles. The van der Waals surface area contributed by atoms with Gasteiger partial charge in [-0.05, 0) is 53.1 Å². The molecule has 1 aliphatic rings. The fourth-order valence-electron chi connectivity index (χ4n) is 3.45. The maximum atomic E-state index is 13.0. The van der Waals surface area contributed by atoms with E-state index in [2.05, 4.69) is 51.2 Å². The maximum absolute atomic E-state index is 13.0. The van der Waals surface area contributed by atoms with E-state index in [0.29, 0.717) is 29.9 Å². The van der Waals surface area contributed by atoms with Crippen LogP contribution in [-0.4, -0.2) is 12.5 Å². The maximum Gasteiger partial charge on any atom is 0.231 e. The monoisotopic (exact) mass is 371 g/mol. The van der Waals surface area contributed by atoms with Crippen LogP contribution in [0.1, 0.15) is 56.2 Å². The third kappa shape index (κ3) is 3.88. The zero-order valence-corrected chi connectivity index (χ0v) is 16.6. The predicted molar refractivity (Wildman–Crippen MR) is 107 cm³/mol. The highest BCUT2D eigenvalue weighted by atomic mass is 35.5. The number of hydrogen-bond donors (Lipinski definition) is 1. The molecule has 1 atom stereocenters. The van der Waals surface area contributed by atoms with Gasteiger partial charge in [0.15, 0.2) is 0 Å². The van der Waals surface area contributed by atoms with Crippen molar-refractivity contribution >= 4 is 23.2 Å². The first-order valence-electron chi connectivity index (χ1n) is 9.21. The van der Waals surface area contributed by atoms with Crippen LogP contribution in [-0.2, 0) is 11.2 Å². The van der Waals surface area contributed by atoms with Crippen molar-refractivity contribution in [3.8, 4) is 5.75 Å². The molecule has 2 aromatic rings. The molecule has 0 bridgehead atoms. The minimum absolute atomic E-state index is 0.00521. The summed E-state index contributed by atoms with van der Waals surface area (Å²) in [6, 6.07) is 11.8. The molecule has 1 amide bonds. The van der Waals surface area contributed by atoms with Crippen molar-refractivity contribution in [2.45, 2.75) is 46.0 Å². The highest BCUT2D eigenvalue weighted by Crippen LogP contribution is 2.34. The fraction of sp³-hybridized carbons (Fsp3) is 0.409. The summed E-state index contributed by atoms with van der Waals surface area (Å²) < 4.78 is 5.79. The van der Waals surface area contributed by atoms with Crippen LogP contribution >= 0.6 is 11.6 Å².